The van der Waals surface area contributed by atoms with E-state index in [2.05, 4.69) is 12.2 Å². The molecule has 7 nitrogen and oxygen atoms in total. The Hall–Kier alpha value is -3.09. The molecule has 0 radical (unpaired) electrons. The number of rotatable bonds is 5. The number of nitrogens with zero attached hydrogens (tertiary/aromatic N) is 2. The molecule has 2 aliphatic rings. The topological polar surface area (TPSA) is 80.6 Å². The van der Waals surface area contributed by atoms with E-state index in [1.807, 2.05) is 22.9 Å². The third-order valence-electron chi connectivity index (χ3n) is 6.30. The molecule has 2 aromatic rings. The summed E-state index contributed by atoms with van der Waals surface area (Å²) < 4.78 is 6.92. The smallest absolute Gasteiger partial charge is 0.338 e. The highest BCUT2D eigenvalue weighted by Crippen LogP contribution is 2.33. The van der Waals surface area contributed by atoms with Crippen molar-refractivity contribution in [1.82, 2.24) is 9.88 Å². The SMILES string of the molecule is CCOC(=O)c1cccc(N2C(=O)Cn3cccc3[C@@H]2C(=O)N[C@@H]2CCCC[C@@H]2C)c1. The van der Waals surface area contributed by atoms with E-state index in [9.17, 15) is 14.4 Å². The van der Waals surface area contributed by atoms with Crippen LogP contribution in [0.15, 0.2) is 42.6 Å². The van der Waals surface area contributed by atoms with Crippen molar-refractivity contribution in [3.63, 3.8) is 0 Å². The molecule has 0 spiro atoms. The Morgan fingerprint density at radius 1 is 1.16 bits per heavy atom. The van der Waals surface area contributed by atoms with E-state index in [0.29, 0.717) is 17.2 Å². The van der Waals surface area contributed by atoms with Crippen LogP contribution in [0.25, 0.3) is 0 Å². The highest BCUT2D eigenvalue weighted by molar-refractivity contribution is 6.03. The maximum atomic E-state index is 13.5. The quantitative estimate of drug-likeness (QED) is 0.747. The van der Waals surface area contributed by atoms with E-state index in [1.165, 1.54) is 11.3 Å². The number of hydrogen-bond acceptors (Lipinski definition) is 4. The number of nitrogens with one attached hydrogen (secondary N) is 1. The fourth-order valence-corrected chi connectivity index (χ4v) is 4.65. The normalized spacial score (nSPS) is 23.2. The van der Waals surface area contributed by atoms with Crippen molar-refractivity contribution in [3.8, 4) is 0 Å². The minimum absolute atomic E-state index is 0.106. The van der Waals surface area contributed by atoms with Gasteiger partial charge in [0.1, 0.15) is 6.54 Å². The van der Waals surface area contributed by atoms with E-state index >= 15 is 0 Å². The predicted octanol–water partition coefficient (Wildman–Crippen LogP) is 3.45. The van der Waals surface area contributed by atoms with Crippen LogP contribution < -0.4 is 10.2 Å². The van der Waals surface area contributed by atoms with Gasteiger partial charge < -0.3 is 14.6 Å². The van der Waals surface area contributed by atoms with Crippen molar-refractivity contribution in [2.24, 2.45) is 5.92 Å². The second-order valence-electron chi connectivity index (χ2n) is 8.37. The van der Waals surface area contributed by atoms with Crippen molar-refractivity contribution in [2.75, 3.05) is 11.5 Å². The Labute approximate surface area is 182 Å². The largest absolute Gasteiger partial charge is 0.462 e. The van der Waals surface area contributed by atoms with Gasteiger partial charge in [-0.1, -0.05) is 25.8 Å². The molecule has 1 aromatic carbocycles. The summed E-state index contributed by atoms with van der Waals surface area (Å²) in [6.07, 6.45) is 6.15. The summed E-state index contributed by atoms with van der Waals surface area (Å²) in [5.74, 6) is -0.423. The van der Waals surface area contributed by atoms with Gasteiger partial charge >= 0.3 is 5.97 Å². The average Bonchev–Trinajstić information content (AvgIpc) is 3.22. The fourth-order valence-electron chi connectivity index (χ4n) is 4.65. The maximum Gasteiger partial charge on any atom is 0.338 e. The van der Waals surface area contributed by atoms with E-state index < -0.39 is 12.0 Å². The van der Waals surface area contributed by atoms with Gasteiger partial charge in [0.05, 0.1) is 17.9 Å². The molecule has 0 unspecified atom stereocenters. The summed E-state index contributed by atoms with van der Waals surface area (Å²) >= 11 is 0. The summed E-state index contributed by atoms with van der Waals surface area (Å²) in [7, 11) is 0. The number of carbonyl (C=O) groups is 3. The summed E-state index contributed by atoms with van der Waals surface area (Å²) in [5, 5.41) is 3.21. The van der Waals surface area contributed by atoms with E-state index in [-0.39, 0.29) is 31.0 Å². The minimum Gasteiger partial charge on any atom is -0.462 e. The number of amides is 2. The van der Waals surface area contributed by atoms with Crippen LogP contribution in [0.2, 0.25) is 0 Å². The molecule has 164 valence electrons. The number of aromatic nitrogens is 1. The Balaban J connectivity index is 1.68. The number of hydrogen-bond donors (Lipinski definition) is 1. The zero-order valence-corrected chi connectivity index (χ0v) is 18.0. The summed E-state index contributed by atoms with van der Waals surface area (Å²) in [6.45, 7) is 4.33. The lowest BCUT2D eigenvalue weighted by molar-refractivity contribution is -0.129. The monoisotopic (exact) mass is 423 g/mol. The lowest BCUT2D eigenvalue weighted by Crippen LogP contribution is -2.52. The van der Waals surface area contributed by atoms with Crippen molar-refractivity contribution in [1.29, 1.82) is 0 Å². The molecule has 1 aromatic heterocycles. The molecule has 7 heteroatoms. The number of fused-ring (bicyclic) bond motifs is 1. The highest BCUT2D eigenvalue weighted by atomic mass is 16.5. The number of ether oxygens (including phenoxy) is 1. The Bertz CT molecular complexity index is 983. The molecule has 1 aliphatic carbocycles. The zero-order valence-electron chi connectivity index (χ0n) is 18.0. The molecule has 0 bridgehead atoms. The van der Waals surface area contributed by atoms with Gasteiger partial charge in [-0.25, -0.2) is 4.79 Å². The molecule has 4 rings (SSSR count). The first-order chi connectivity index (χ1) is 15.0. The van der Waals surface area contributed by atoms with Crippen molar-refractivity contribution < 1.29 is 19.1 Å². The lowest BCUT2D eigenvalue weighted by atomic mass is 9.85. The molecule has 2 amide bonds. The van der Waals surface area contributed by atoms with Gasteiger partial charge in [-0.2, -0.15) is 0 Å². The first kappa shape index (κ1) is 21.2. The lowest BCUT2D eigenvalue weighted by Gasteiger charge is -2.38. The molecule has 0 saturated heterocycles. The predicted molar refractivity (Wildman–Crippen MR) is 117 cm³/mol. The first-order valence-electron chi connectivity index (χ1n) is 11.0. The van der Waals surface area contributed by atoms with Crippen LogP contribution in [-0.4, -0.2) is 35.0 Å². The molecular formula is C24H29N3O4. The molecule has 1 aliphatic heterocycles. The van der Waals surface area contributed by atoms with Gasteiger partial charge in [0.25, 0.3) is 0 Å². The van der Waals surface area contributed by atoms with Crippen LogP contribution >= 0.6 is 0 Å². The number of esters is 1. The van der Waals surface area contributed by atoms with Crippen LogP contribution in [0.5, 0.6) is 0 Å². The summed E-state index contributed by atoms with van der Waals surface area (Å²) in [5.41, 5.74) is 1.63. The first-order valence-corrected chi connectivity index (χ1v) is 11.0. The van der Waals surface area contributed by atoms with Gasteiger partial charge in [0.15, 0.2) is 6.04 Å². The number of benzene rings is 1. The fraction of sp³-hybridized carbons (Fsp3) is 0.458. The Morgan fingerprint density at radius 3 is 2.74 bits per heavy atom. The molecule has 2 heterocycles. The molecule has 3 atom stereocenters. The summed E-state index contributed by atoms with van der Waals surface area (Å²) in [6, 6.07) is 9.78. The van der Waals surface area contributed by atoms with Crippen LogP contribution in [0.4, 0.5) is 5.69 Å². The minimum atomic E-state index is -0.789. The van der Waals surface area contributed by atoms with Crippen molar-refractivity contribution >= 4 is 23.5 Å². The van der Waals surface area contributed by atoms with Crippen molar-refractivity contribution in [3.05, 3.63) is 53.9 Å². The summed E-state index contributed by atoms with van der Waals surface area (Å²) in [4.78, 5) is 40.4. The number of anilines is 1. The van der Waals surface area contributed by atoms with Crippen LogP contribution in [0.1, 0.15) is 61.6 Å². The van der Waals surface area contributed by atoms with Gasteiger partial charge in [0.2, 0.25) is 11.8 Å². The van der Waals surface area contributed by atoms with E-state index in [0.717, 1.165) is 25.0 Å². The van der Waals surface area contributed by atoms with Crippen molar-refractivity contribution in [2.45, 2.75) is 58.2 Å². The molecule has 31 heavy (non-hydrogen) atoms. The highest BCUT2D eigenvalue weighted by Gasteiger charge is 2.39. The Morgan fingerprint density at radius 2 is 1.97 bits per heavy atom. The van der Waals surface area contributed by atoms with Crippen LogP contribution in [-0.2, 0) is 20.9 Å². The van der Waals surface area contributed by atoms with E-state index in [4.69, 9.17) is 4.74 Å². The van der Waals surface area contributed by atoms with Gasteiger partial charge in [-0.3, -0.25) is 14.5 Å². The Kier molecular flexibility index (Phi) is 6.11. The van der Waals surface area contributed by atoms with Crippen LogP contribution in [0.3, 0.4) is 0 Å². The standard InChI is InChI=1S/C24H29N3O4/c1-3-31-24(30)17-9-6-10-18(14-17)27-21(28)15-26-13-7-12-20(26)22(27)23(29)25-19-11-5-4-8-16(19)2/h6-7,9-10,12-14,16,19,22H,3-5,8,11,15H2,1-2H3,(H,25,29)/t16-,19+,22+/m0/s1. The third kappa shape index (κ3) is 4.22. The number of carbonyl (C=O) groups excluding carboxylic acids is 3. The average molecular weight is 424 g/mol. The molecular weight excluding hydrogens is 394 g/mol. The van der Waals surface area contributed by atoms with Gasteiger partial charge in [-0.15, -0.1) is 0 Å². The zero-order chi connectivity index (χ0) is 22.0. The van der Waals surface area contributed by atoms with E-state index in [1.54, 1.807) is 31.2 Å². The second kappa shape index (κ2) is 8.96. The second-order valence-corrected chi connectivity index (χ2v) is 8.37. The molecule has 1 fully saturated rings. The molecule has 1 saturated carbocycles. The van der Waals surface area contributed by atoms with Gasteiger partial charge in [0, 0.05) is 17.9 Å². The third-order valence-corrected chi connectivity index (χ3v) is 6.30. The van der Waals surface area contributed by atoms with Gasteiger partial charge in [-0.05, 0) is 56.0 Å². The molecule has 1 N–H and O–H groups in total. The maximum absolute atomic E-state index is 13.5. The van der Waals surface area contributed by atoms with Crippen LogP contribution in [0, 0.1) is 5.92 Å².